The van der Waals surface area contributed by atoms with Crippen LogP contribution in [0.15, 0.2) is 0 Å². The topological polar surface area (TPSA) is 78.4 Å². The molecule has 5 nitrogen and oxygen atoms in total. The van der Waals surface area contributed by atoms with E-state index in [4.69, 9.17) is 0 Å². The second-order valence-corrected chi connectivity index (χ2v) is 7.11. The standard InChI is InChI=1S/C16H28N2O3/c1-11-6-8-16(9-7-11,14(19)20)10-17-15(21)18-13-5-3-4-12(13)2/h11-13H,3-10H2,1-2H3,(H,19,20)(H2,17,18,21). The van der Waals surface area contributed by atoms with Crippen LogP contribution < -0.4 is 10.6 Å². The van der Waals surface area contributed by atoms with Crippen LogP contribution in [0.5, 0.6) is 0 Å². The Bertz CT molecular complexity index is 389. The molecule has 0 saturated heterocycles. The van der Waals surface area contributed by atoms with Crippen molar-refractivity contribution < 1.29 is 14.7 Å². The number of carbonyl (C=O) groups is 2. The van der Waals surface area contributed by atoms with Crippen molar-refractivity contribution in [3.05, 3.63) is 0 Å². The van der Waals surface area contributed by atoms with Gasteiger partial charge in [0.15, 0.2) is 0 Å². The first-order valence-electron chi connectivity index (χ1n) is 8.21. The van der Waals surface area contributed by atoms with E-state index in [1.807, 2.05) is 0 Å². The summed E-state index contributed by atoms with van der Waals surface area (Å²) in [6.07, 6.45) is 6.50. The van der Waals surface area contributed by atoms with Crippen molar-refractivity contribution in [2.75, 3.05) is 6.54 Å². The molecule has 0 bridgehead atoms. The third-order valence-electron chi connectivity index (χ3n) is 5.45. The molecule has 2 amide bonds. The number of nitrogens with one attached hydrogen (secondary N) is 2. The molecule has 2 rings (SSSR count). The maximum Gasteiger partial charge on any atom is 0.315 e. The third kappa shape index (κ3) is 3.89. The van der Waals surface area contributed by atoms with Gasteiger partial charge in [0.1, 0.15) is 0 Å². The molecule has 2 aliphatic carbocycles. The first-order chi connectivity index (χ1) is 9.93. The monoisotopic (exact) mass is 296 g/mol. The fourth-order valence-electron chi connectivity index (χ4n) is 3.61. The number of carbonyl (C=O) groups excluding carboxylic acids is 1. The maximum absolute atomic E-state index is 12.0. The number of carboxylic acids is 1. The summed E-state index contributed by atoms with van der Waals surface area (Å²) in [5, 5.41) is 15.3. The highest BCUT2D eigenvalue weighted by Crippen LogP contribution is 2.38. The molecule has 0 radical (unpaired) electrons. The lowest BCUT2D eigenvalue weighted by molar-refractivity contribution is -0.151. The molecule has 2 fully saturated rings. The van der Waals surface area contributed by atoms with E-state index in [2.05, 4.69) is 24.5 Å². The van der Waals surface area contributed by atoms with Crippen molar-refractivity contribution in [3.63, 3.8) is 0 Å². The van der Waals surface area contributed by atoms with Gasteiger partial charge in [0.2, 0.25) is 0 Å². The van der Waals surface area contributed by atoms with Gasteiger partial charge in [0.25, 0.3) is 0 Å². The number of rotatable bonds is 4. The van der Waals surface area contributed by atoms with E-state index in [0.717, 1.165) is 32.1 Å². The molecule has 3 N–H and O–H groups in total. The summed E-state index contributed by atoms with van der Waals surface area (Å²) in [7, 11) is 0. The molecule has 0 aliphatic heterocycles. The molecule has 0 aromatic rings. The van der Waals surface area contributed by atoms with Crippen LogP contribution in [0.3, 0.4) is 0 Å². The molecule has 0 aromatic carbocycles. The predicted octanol–water partition coefficient (Wildman–Crippen LogP) is 2.76. The number of hydrogen-bond donors (Lipinski definition) is 3. The van der Waals surface area contributed by atoms with Crippen LogP contribution in [-0.4, -0.2) is 29.7 Å². The highest BCUT2D eigenvalue weighted by Gasteiger charge is 2.41. The van der Waals surface area contributed by atoms with E-state index < -0.39 is 11.4 Å². The molecule has 2 saturated carbocycles. The molecule has 2 atom stereocenters. The van der Waals surface area contributed by atoms with Gasteiger partial charge in [-0.25, -0.2) is 4.79 Å². The zero-order valence-electron chi connectivity index (χ0n) is 13.2. The summed E-state index contributed by atoms with van der Waals surface area (Å²) < 4.78 is 0. The second kappa shape index (κ2) is 6.67. The van der Waals surface area contributed by atoms with E-state index >= 15 is 0 Å². The largest absolute Gasteiger partial charge is 0.481 e. The first-order valence-corrected chi connectivity index (χ1v) is 8.21. The summed E-state index contributed by atoms with van der Waals surface area (Å²) in [5.74, 6) is 0.328. The molecule has 0 spiro atoms. The van der Waals surface area contributed by atoms with Gasteiger partial charge in [0.05, 0.1) is 5.41 Å². The zero-order chi connectivity index (χ0) is 15.5. The van der Waals surface area contributed by atoms with Crippen molar-refractivity contribution in [1.29, 1.82) is 0 Å². The Morgan fingerprint density at radius 3 is 2.33 bits per heavy atom. The third-order valence-corrected chi connectivity index (χ3v) is 5.45. The van der Waals surface area contributed by atoms with Crippen LogP contribution in [0.4, 0.5) is 4.79 Å². The van der Waals surface area contributed by atoms with E-state index in [1.165, 1.54) is 0 Å². The van der Waals surface area contributed by atoms with E-state index in [1.54, 1.807) is 0 Å². The summed E-state index contributed by atoms with van der Waals surface area (Å²) in [6.45, 7) is 4.55. The van der Waals surface area contributed by atoms with Crippen molar-refractivity contribution >= 4 is 12.0 Å². The van der Waals surface area contributed by atoms with Crippen LogP contribution >= 0.6 is 0 Å². The Balaban J connectivity index is 1.84. The second-order valence-electron chi connectivity index (χ2n) is 7.11. The molecule has 120 valence electrons. The quantitative estimate of drug-likeness (QED) is 0.746. The molecule has 2 unspecified atom stereocenters. The van der Waals surface area contributed by atoms with Gasteiger partial charge >= 0.3 is 12.0 Å². The van der Waals surface area contributed by atoms with Gasteiger partial charge in [-0.2, -0.15) is 0 Å². The number of hydrogen-bond acceptors (Lipinski definition) is 2. The smallest absolute Gasteiger partial charge is 0.315 e. The lowest BCUT2D eigenvalue weighted by Gasteiger charge is -2.36. The van der Waals surface area contributed by atoms with E-state index in [-0.39, 0.29) is 18.6 Å². The van der Waals surface area contributed by atoms with Crippen LogP contribution in [0, 0.1) is 17.3 Å². The maximum atomic E-state index is 12.0. The average Bonchev–Trinajstić information content (AvgIpc) is 2.84. The van der Waals surface area contributed by atoms with Gasteiger partial charge in [-0.15, -0.1) is 0 Å². The normalized spacial score (nSPS) is 36.2. The Morgan fingerprint density at radius 1 is 1.14 bits per heavy atom. The molecule has 0 aromatic heterocycles. The lowest BCUT2D eigenvalue weighted by Crippen LogP contribution is -2.50. The highest BCUT2D eigenvalue weighted by atomic mass is 16.4. The Hall–Kier alpha value is -1.26. The number of amides is 2. The summed E-state index contributed by atoms with van der Waals surface area (Å²) in [4.78, 5) is 23.6. The van der Waals surface area contributed by atoms with E-state index in [0.29, 0.717) is 24.7 Å². The first kappa shape index (κ1) is 16.1. The van der Waals surface area contributed by atoms with Crippen LogP contribution in [0.2, 0.25) is 0 Å². The van der Waals surface area contributed by atoms with Gasteiger partial charge in [-0.1, -0.05) is 20.3 Å². The van der Waals surface area contributed by atoms with Crippen LogP contribution in [-0.2, 0) is 4.79 Å². The Labute approximate surface area is 126 Å². The zero-order valence-corrected chi connectivity index (χ0v) is 13.2. The Morgan fingerprint density at radius 2 is 1.81 bits per heavy atom. The van der Waals surface area contributed by atoms with Crippen LogP contribution in [0.25, 0.3) is 0 Å². The summed E-state index contributed by atoms with van der Waals surface area (Å²) >= 11 is 0. The molecular formula is C16H28N2O3. The van der Waals surface area contributed by atoms with Gasteiger partial charge in [-0.05, 0) is 50.4 Å². The van der Waals surface area contributed by atoms with Gasteiger partial charge in [0, 0.05) is 12.6 Å². The van der Waals surface area contributed by atoms with Gasteiger partial charge < -0.3 is 15.7 Å². The van der Waals surface area contributed by atoms with E-state index in [9.17, 15) is 14.7 Å². The molecule has 0 heterocycles. The predicted molar refractivity (Wildman–Crippen MR) is 81.0 cm³/mol. The molecule has 2 aliphatic rings. The highest BCUT2D eigenvalue weighted by molar-refractivity contribution is 5.78. The molecule has 21 heavy (non-hydrogen) atoms. The minimum Gasteiger partial charge on any atom is -0.481 e. The van der Waals surface area contributed by atoms with Crippen LogP contribution in [0.1, 0.15) is 58.8 Å². The minimum atomic E-state index is -0.774. The lowest BCUT2D eigenvalue weighted by atomic mass is 9.71. The minimum absolute atomic E-state index is 0.215. The Kier molecular flexibility index (Phi) is 5.12. The average molecular weight is 296 g/mol. The van der Waals surface area contributed by atoms with Crippen molar-refractivity contribution in [2.24, 2.45) is 17.3 Å². The number of aliphatic carboxylic acids is 1. The fraction of sp³-hybridized carbons (Fsp3) is 0.875. The SMILES string of the molecule is CC1CCC(CNC(=O)NC2CCCC2C)(C(=O)O)CC1. The fourth-order valence-corrected chi connectivity index (χ4v) is 3.61. The van der Waals surface area contributed by atoms with Crippen molar-refractivity contribution in [2.45, 2.75) is 64.8 Å². The summed E-state index contributed by atoms with van der Waals surface area (Å²) in [5.41, 5.74) is -0.773. The van der Waals surface area contributed by atoms with Crippen molar-refractivity contribution in [1.82, 2.24) is 10.6 Å². The summed E-state index contributed by atoms with van der Waals surface area (Å²) in [6, 6.07) is 0.0187. The van der Waals surface area contributed by atoms with Crippen molar-refractivity contribution in [3.8, 4) is 0 Å². The molecule has 5 heteroatoms. The number of carboxylic acid groups (broad SMARTS) is 1. The number of urea groups is 1. The van der Waals surface area contributed by atoms with Gasteiger partial charge in [-0.3, -0.25) is 4.79 Å². The molecular weight excluding hydrogens is 268 g/mol.